The molecule has 0 aromatic carbocycles. The number of urea groups is 1. The molecule has 0 radical (unpaired) electrons. The van der Waals surface area contributed by atoms with E-state index >= 15 is 0 Å². The highest BCUT2D eigenvalue weighted by Crippen LogP contribution is 2.07. The van der Waals surface area contributed by atoms with Gasteiger partial charge in [-0.25, -0.2) is 4.79 Å². The van der Waals surface area contributed by atoms with E-state index in [9.17, 15) is 9.59 Å². The largest absolute Gasteiger partial charge is 0.378 e. The summed E-state index contributed by atoms with van der Waals surface area (Å²) in [5.41, 5.74) is 0. The highest BCUT2D eigenvalue weighted by atomic mass is 16.5. The van der Waals surface area contributed by atoms with Crippen LogP contribution in [0.3, 0.4) is 0 Å². The molecule has 1 unspecified atom stereocenters. The predicted molar refractivity (Wildman–Crippen MR) is 69.8 cm³/mol. The van der Waals surface area contributed by atoms with E-state index in [4.69, 9.17) is 4.74 Å². The first-order valence-electron chi connectivity index (χ1n) is 6.65. The monoisotopic (exact) mass is 270 g/mol. The first-order valence-corrected chi connectivity index (χ1v) is 6.65. The topological polar surface area (TPSA) is 65.1 Å². The lowest BCUT2D eigenvalue weighted by molar-refractivity contribution is -0.137. The lowest BCUT2D eigenvalue weighted by atomic mass is 10.2. The second-order valence-corrected chi connectivity index (χ2v) is 5.07. The van der Waals surface area contributed by atoms with Gasteiger partial charge < -0.3 is 24.8 Å². The lowest BCUT2D eigenvalue weighted by Crippen LogP contribution is -2.58. The quantitative estimate of drug-likeness (QED) is 0.650. The summed E-state index contributed by atoms with van der Waals surface area (Å²) in [7, 11) is 3.48. The maximum Gasteiger partial charge on any atom is 0.319 e. The van der Waals surface area contributed by atoms with Crippen molar-refractivity contribution < 1.29 is 14.3 Å². The summed E-state index contributed by atoms with van der Waals surface area (Å²) >= 11 is 0. The van der Waals surface area contributed by atoms with Gasteiger partial charge in [-0.2, -0.15) is 0 Å². The number of piperazine rings is 1. The van der Waals surface area contributed by atoms with Crippen molar-refractivity contribution >= 4 is 11.9 Å². The molecule has 2 aliphatic heterocycles. The summed E-state index contributed by atoms with van der Waals surface area (Å²) in [4.78, 5) is 29.2. The third-order valence-electron chi connectivity index (χ3n) is 3.46. The summed E-state index contributed by atoms with van der Waals surface area (Å²) < 4.78 is 5.30. The maximum atomic E-state index is 12.2. The predicted octanol–water partition coefficient (Wildman–Crippen LogP) is -1.20. The van der Waals surface area contributed by atoms with Crippen LogP contribution < -0.4 is 5.32 Å². The summed E-state index contributed by atoms with van der Waals surface area (Å²) in [6, 6.07) is -0.226. The molecule has 19 heavy (non-hydrogen) atoms. The van der Waals surface area contributed by atoms with Crippen LogP contribution in [0.1, 0.15) is 0 Å². The van der Waals surface area contributed by atoms with Gasteiger partial charge in [0.1, 0.15) is 6.04 Å². The Morgan fingerprint density at radius 1 is 1.16 bits per heavy atom. The average Bonchev–Trinajstić information content (AvgIpc) is 2.46. The Morgan fingerprint density at radius 2 is 1.79 bits per heavy atom. The van der Waals surface area contributed by atoms with Gasteiger partial charge in [0.05, 0.1) is 13.2 Å². The highest BCUT2D eigenvalue weighted by Gasteiger charge is 2.30. The van der Waals surface area contributed by atoms with Crippen molar-refractivity contribution in [3.05, 3.63) is 0 Å². The molecule has 3 amide bonds. The maximum absolute atomic E-state index is 12.2. The summed E-state index contributed by atoms with van der Waals surface area (Å²) in [5.74, 6) is 0.0802. The Bertz CT molecular complexity index is 334. The van der Waals surface area contributed by atoms with Crippen LogP contribution in [0, 0.1) is 0 Å². The van der Waals surface area contributed by atoms with Crippen LogP contribution in [-0.2, 0) is 9.53 Å². The van der Waals surface area contributed by atoms with Gasteiger partial charge in [0.2, 0.25) is 5.91 Å². The number of nitrogens with one attached hydrogen (secondary N) is 1. The second kappa shape index (κ2) is 6.21. The zero-order valence-electron chi connectivity index (χ0n) is 11.6. The Hall–Kier alpha value is -1.34. The minimum Gasteiger partial charge on any atom is -0.378 e. The van der Waals surface area contributed by atoms with Crippen LogP contribution in [0.5, 0.6) is 0 Å². The minimum atomic E-state index is -0.232. The molecule has 7 heteroatoms. The van der Waals surface area contributed by atoms with E-state index in [1.807, 2.05) is 4.90 Å². The fourth-order valence-electron chi connectivity index (χ4n) is 2.35. The lowest BCUT2D eigenvalue weighted by Gasteiger charge is -2.38. The molecular weight excluding hydrogens is 248 g/mol. The third kappa shape index (κ3) is 3.36. The highest BCUT2D eigenvalue weighted by molar-refractivity contribution is 5.82. The van der Waals surface area contributed by atoms with E-state index in [0.717, 1.165) is 6.54 Å². The second-order valence-electron chi connectivity index (χ2n) is 5.07. The van der Waals surface area contributed by atoms with E-state index in [1.54, 1.807) is 23.9 Å². The van der Waals surface area contributed by atoms with Crippen molar-refractivity contribution in [2.45, 2.75) is 6.04 Å². The molecule has 7 nitrogen and oxygen atoms in total. The molecule has 2 aliphatic rings. The minimum absolute atomic E-state index is 0.00576. The fraction of sp³-hybridized carbons (Fsp3) is 0.833. The summed E-state index contributed by atoms with van der Waals surface area (Å²) in [6.45, 7) is 4.19. The number of hydrogen-bond acceptors (Lipinski definition) is 4. The molecule has 2 fully saturated rings. The standard InChI is InChI=1S/C12H22N4O3/c1-14(2)12(18)16-6-4-15(5-7-16)11(17)10-9-19-8-3-13-10/h10,13H,3-9H2,1-2H3. The van der Waals surface area contributed by atoms with Crippen molar-refractivity contribution in [1.82, 2.24) is 20.0 Å². The Morgan fingerprint density at radius 3 is 2.32 bits per heavy atom. The molecule has 0 aromatic rings. The normalized spacial score (nSPS) is 24.2. The molecular formula is C12H22N4O3. The molecule has 2 saturated heterocycles. The average molecular weight is 270 g/mol. The molecule has 2 heterocycles. The van der Waals surface area contributed by atoms with Crippen molar-refractivity contribution in [2.24, 2.45) is 0 Å². The number of carbonyl (C=O) groups is 2. The van der Waals surface area contributed by atoms with Gasteiger partial charge in [-0.05, 0) is 0 Å². The zero-order chi connectivity index (χ0) is 13.8. The number of rotatable bonds is 1. The van der Waals surface area contributed by atoms with Crippen molar-refractivity contribution in [3.63, 3.8) is 0 Å². The Balaban J connectivity index is 1.82. The van der Waals surface area contributed by atoms with E-state index in [2.05, 4.69) is 5.32 Å². The zero-order valence-corrected chi connectivity index (χ0v) is 11.6. The first-order chi connectivity index (χ1) is 9.09. The third-order valence-corrected chi connectivity index (χ3v) is 3.46. The number of ether oxygens (including phenoxy) is 1. The van der Waals surface area contributed by atoms with Gasteiger partial charge in [-0.1, -0.05) is 0 Å². The van der Waals surface area contributed by atoms with Crippen LogP contribution in [0.4, 0.5) is 4.79 Å². The van der Waals surface area contributed by atoms with E-state index < -0.39 is 0 Å². The van der Waals surface area contributed by atoms with E-state index in [0.29, 0.717) is 39.4 Å². The molecule has 0 saturated carbocycles. The van der Waals surface area contributed by atoms with Gasteiger partial charge in [0.25, 0.3) is 0 Å². The molecule has 1 atom stereocenters. The Kier molecular flexibility index (Phi) is 4.60. The molecule has 0 spiro atoms. The molecule has 0 aliphatic carbocycles. The number of carbonyl (C=O) groups excluding carboxylic acids is 2. The van der Waals surface area contributed by atoms with Gasteiger partial charge in [-0.15, -0.1) is 0 Å². The van der Waals surface area contributed by atoms with Gasteiger partial charge in [0.15, 0.2) is 0 Å². The van der Waals surface area contributed by atoms with Gasteiger partial charge in [-0.3, -0.25) is 4.79 Å². The van der Waals surface area contributed by atoms with Crippen molar-refractivity contribution in [2.75, 3.05) is 60.0 Å². The van der Waals surface area contributed by atoms with Crippen LogP contribution >= 0.6 is 0 Å². The van der Waals surface area contributed by atoms with Crippen molar-refractivity contribution in [3.8, 4) is 0 Å². The van der Waals surface area contributed by atoms with Crippen LogP contribution in [0.15, 0.2) is 0 Å². The molecule has 0 aromatic heterocycles. The number of amides is 3. The van der Waals surface area contributed by atoms with Crippen LogP contribution in [-0.4, -0.2) is 92.7 Å². The Labute approximate surface area is 113 Å². The SMILES string of the molecule is CN(C)C(=O)N1CCN(C(=O)C2COCCN2)CC1. The number of morpholine rings is 1. The fourth-order valence-corrected chi connectivity index (χ4v) is 2.35. The molecule has 2 rings (SSSR count). The summed E-state index contributed by atoms with van der Waals surface area (Å²) in [6.07, 6.45) is 0. The van der Waals surface area contributed by atoms with E-state index in [-0.39, 0.29) is 18.0 Å². The molecule has 108 valence electrons. The smallest absolute Gasteiger partial charge is 0.319 e. The first kappa shape index (κ1) is 14.1. The van der Waals surface area contributed by atoms with Crippen LogP contribution in [0.2, 0.25) is 0 Å². The van der Waals surface area contributed by atoms with Gasteiger partial charge in [0, 0.05) is 46.8 Å². The summed E-state index contributed by atoms with van der Waals surface area (Å²) in [5, 5.41) is 3.16. The van der Waals surface area contributed by atoms with Crippen LogP contribution in [0.25, 0.3) is 0 Å². The molecule has 1 N–H and O–H groups in total. The van der Waals surface area contributed by atoms with E-state index in [1.165, 1.54) is 0 Å². The van der Waals surface area contributed by atoms with Gasteiger partial charge >= 0.3 is 6.03 Å². The van der Waals surface area contributed by atoms with Crippen molar-refractivity contribution in [1.29, 1.82) is 0 Å². The number of hydrogen-bond donors (Lipinski definition) is 1. The molecule has 0 bridgehead atoms. The number of nitrogens with zero attached hydrogens (tertiary/aromatic N) is 3.